The van der Waals surface area contributed by atoms with Gasteiger partial charge in [-0.25, -0.2) is 19.7 Å². The van der Waals surface area contributed by atoms with Gasteiger partial charge in [0.05, 0.1) is 24.7 Å². The molecule has 0 saturated heterocycles. The molecule has 7 heteroatoms. The Morgan fingerprint density at radius 3 is 2.62 bits per heavy atom. The fraction of sp³-hybridized carbons (Fsp3) is 0.412. The van der Waals surface area contributed by atoms with E-state index < -0.39 is 0 Å². The van der Waals surface area contributed by atoms with Crippen LogP contribution in [-0.4, -0.2) is 27.6 Å². The summed E-state index contributed by atoms with van der Waals surface area (Å²) in [5.74, 6) is 1.96. The maximum absolute atomic E-state index is 11.9. The molecular weight excluding hydrogens is 306 g/mol. The molecule has 0 atom stereocenters. The molecule has 0 radical (unpaired) electrons. The maximum atomic E-state index is 11.9. The number of amides is 2. The highest BCUT2D eigenvalue weighted by Gasteiger charge is 2.26. The van der Waals surface area contributed by atoms with Gasteiger partial charge in [-0.3, -0.25) is 0 Å². The fourth-order valence-electron chi connectivity index (χ4n) is 2.12. The number of pyridine rings is 1. The Kier molecular flexibility index (Phi) is 5.20. The van der Waals surface area contributed by atoms with Crippen LogP contribution in [0.2, 0.25) is 0 Å². The minimum atomic E-state index is -0.302. The minimum absolute atomic E-state index is 0.302. The first kappa shape index (κ1) is 16.2. The number of rotatable bonds is 7. The van der Waals surface area contributed by atoms with Gasteiger partial charge in [0.2, 0.25) is 5.88 Å². The number of anilines is 1. The van der Waals surface area contributed by atoms with Crippen LogP contribution in [0, 0.1) is 0 Å². The van der Waals surface area contributed by atoms with Crippen molar-refractivity contribution in [3.8, 4) is 5.88 Å². The van der Waals surface area contributed by atoms with E-state index in [1.54, 1.807) is 24.7 Å². The normalized spacial score (nSPS) is 13.4. The molecule has 2 aromatic rings. The highest BCUT2D eigenvalue weighted by Crippen LogP contribution is 2.37. The molecule has 7 nitrogen and oxygen atoms in total. The van der Waals surface area contributed by atoms with Gasteiger partial charge in [0.15, 0.2) is 0 Å². The number of carbonyl (C=O) groups excluding carboxylic acids is 1. The van der Waals surface area contributed by atoms with Crippen molar-refractivity contribution in [1.29, 1.82) is 0 Å². The lowest BCUT2D eigenvalue weighted by molar-refractivity contribution is 0.251. The van der Waals surface area contributed by atoms with Gasteiger partial charge in [-0.1, -0.05) is 13.0 Å². The van der Waals surface area contributed by atoms with Crippen LogP contribution < -0.4 is 15.4 Å². The number of nitrogens with one attached hydrogen (secondary N) is 2. The van der Waals surface area contributed by atoms with Crippen molar-refractivity contribution >= 4 is 11.7 Å². The van der Waals surface area contributed by atoms with Crippen molar-refractivity contribution in [2.75, 3.05) is 11.9 Å². The number of hydrogen-bond donors (Lipinski definition) is 2. The molecule has 2 aromatic heterocycles. The summed E-state index contributed by atoms with van der Waals surface area (Å²) in [4.78, 5) is 24.6. The van der Waals surface area contributed by atoms with E-state index in [0.29, 0.717) is 30.6 Å². The fourth-order valence-corrected chi connectivity index (χ4v) is 2.12. The van der Waals surface area contributed by atoms with Crippen molar-refractivity contribution < 1.29 is 9.53 Å². The van der Waals surface area contributed by atoms with Crippen LogP contribution >= 0.6 is 0 Å². The molecule has 0 aromatic carbocycles. The zero-order chi connectivity index (χ0) is 16.8. The van der Waals surface area contributed by atoms with E-state index in [2.05, 4.69) is 25.6 Å². The summed E-state index contributed by atoms with van der Waals surface area (Å²) < 4.78 is 5.42. The monoisotopic (exact) mass is 327 g/mol. The molecular formula is C17H21N5O2. The maximum Gasteiger partial charge on any atom is 0.319 e. The second-order valence-electron chi connectivity index (χ2n) is 5.77. The van der Waals surface area contributed by atoms with Gasteiger partial charge in [0.1, 0.15) is 5.82 Å². The Morgan fingerprint density at radius 2 is 2.00 bits per heavy atom. The lowest BCUT2D eigenvalue weighted by Gasteiger charge is -2.08. The van der Waals surface area contributed by atoms with Gasteiger partial charge in [0.25, 0.3) is 0 Å². The average molecular weight is 327 g/mol. The van der Waals surface area contributed by atoms with E-state index in [-0.39, 0.29) is 6.03 Å². The summed E-state index contributed by atoms with van der Waals surface area (Å²) in [6.45, 7) is 3.07. The van der Waals surface area contributed by atoms with Crippen molar-refractivity contribution in [3.05, 3.63) is 42.1 Å². The molecule has 24 heavy (non-hydrogen) atoms. The predicted octanol–water partition coefficient (Wildman–Crippen LogP) is 2.86. The Morgan fingerprint density at radius 1 is 1.21 bits per heavy atom. The van der Waals surface area contributed by atoms with E-state index in [1.807, 2.05) is 13.0 Å². The first-order valence-electron chi connectivity index (χ1n) is 8.19. The Balaban J connectivity index is 1.44. The van der Waals surface area contributed by atoms with E-state index in [4.69, 9.17) is 4.74 Å². The molecule has 1 aliphatic carbocycles. The van der Waals surface area contributed by atoms with Crippen molar-refractivity contribution in [2.24, 2.45) is 0 Å². The number of aromatic nitrogens is 3. The third-order valence-electron chi connectivity index (χ3n) is 3.58. The molecule has 2 N–H and O–H groups in total. The number of nitrogens with zero attached hydrogens (tertiary/aromatic N) is 3. The Hall–Kier alpha value is -2.70. The smallest absolute Gasteiger partial charge is 0.319 e. The van der Waals surface area contributed by atoms with Crippen LogP contribution in [0.15, 0.2) is 30.7 Å². The van der Waals surface area contributed by atoms with E-state index >= 15 is 0 Å². The lowest BCUT2D eigenvalue weighted by atomic mass is 10.3. The summed E-state index contributed by atoms with van der Waals surface area (Å²) in [5.41, 5.74) is 1.48. The van der Waals surface area contributed by atoms with E-state index in [9.17, 15) is 4.79 Å². The molecule has 0 unspecified atom stereocenters. The Bertz CT molecular complexity index is 668. The third-order valence-corrected chi connectivity index (χ3v) is 3.58. The number of hydrogen-bond acceptors (Lipinski definition) is 5. The van der Waals surface area contributed by atoms with Crippen molar-refractivity contribution in [2.45, 2.75) is 38.6 Å². The first-order valence-corrected chi connectivity index (χ1v) is 8.19. The standard InChI is InChI=1S/C17H21N5O2/c1-2-7-24-15-6-3-12(8-18-15)9-21-17(23)22-14-10-19-16(20-11-14)13-4-5-13/h3,6,8,10-11,13H,2,4-5,7,9H2,1H3,(H2,21,22,23). The summed E-state index contributed by atoms with van der Waals surface area (Å²) >= 11 is 0. The molecule has 126 valence electrons. The highest BCUT2D eigenvalue weighted by atomic mass is 16.5. The molecule has 1 fully saturated rings. The SMILES string of the molecule is CCCOc1ccc(CNC(=O)Nc2cnc(C3CC3)nc2)cn1. The third kappa shape index (κ3) is 4.65. The van der Waals surface area contributed by atoms with Crippen LogP contribution in [0.4, 0.5) is 10.5 Å². The summed E-state index contributed by atoms with van der Waals surface area (Å²) in [7, 11) is 0. The van der Waals surface area contributed by atoms with Crippen LogP contribution in [0.5, 0.6) is 5.88 Å². The van der Waals surface area contributed by atoms with Gasteiger partial charge in [-0.2, -0.15) is 0 Å². The van der Waals surface area contributed by atoms with Gasteiger partial charge in [-0.05, 0) is 24.8 Å². The summed E-state index contributed by atoms with van der Waals surface area (Å²) in [6.07, 6.45) is 8.23. The molecule has 2 heterocycles. The molecule has 0 bridgehead atoms. The molecule has 3 rings (SSSR count). The van der Waals surface area contributed by atoms with Crippen molar-refractivity contribution in [3.63, 3.8) is 0 Å². The zero-order valence-electron chi connectivity index (χ0n) is 13.7. The first-order chi connectivity index (χ1) is 11.7. The number of ether oxygens (including phenoxy) is 1. The lowest BCUT2D eigenvalue weighted by Crippen LogP contribution is -2.28. The minimum Gasteiger partial charge on any atom is -0.478 e. The van der Waals surface area contributed by atoms with Crippen LogP contribution in [0.25, 0.3) is 0 Å². The molecule has 0 aliphatic heterocycles. The van der Waals surface area contributed by atoms with E-state index in [1.165, 1.54) is 0 Å². The zero-order valence-corrected chi connectivity index (χ0v) is 13.7. The summed E-state index contributed by atoms with van der Waals surface area (Å²) in [6, 6.07) is 3.38. The number of carbonyl (C=O) groups is 1. The Labute approximate surface area is 140 Å². The van der Waals surface area contributed by atoms with Crippen LogP contribution in [0.1, 0.15) is 43.5 Å². The van der Waals surface area contributed by atoms with Gasteiger partial charge < -0.3 is 15.4 Å². The van der Waals surface area contributed by atoms with Crippen molar-refractivity contribution in [1.82, 2.24) is 20.3 Å². The topological polar surface area (TPSA) is 89.0 Å². The molecule has 2 amide bonds. The second-order valence-corrected chi connectivity index (χ2v) is 5.77. The predicted molar refractivity (Wildman–Crippen MR) is 89.9 cm³/mol. The highest BCUT2D eigenvalue weighted by molar-refractivity contribution is 5.88. The largest absolute Gasteiger partial charge is 0.478 e. The van der Waals surface area contributed by atoms with E-state index in [0.717, 1.165) is 30.7 Å². The van der Waals surface area contributed by atoms with Crippen LogP contribution in [-0.2, 0) is 6.54 Å². The molecule has 1 saturated carbocycles. The average Bonchev–Trinajstić information content (AvgIpc) is 3.45. The van der Waals surface area contributed by atoms with Gasteiger partial charge in [-0.15, -0.1) is 0 Å². The van der Waals surface area contributed by atoms with Crippen LogP contribution in [0.3, 0.4) is 0 Å². The number of urea groups is 1. The molecule has 0 spiro atoms. The van der Waals surface area contributed by atoms with Gasteiger partial charge >= 0.3 is 6.03 Å². The summed E-state index contributed by atoms with van der Waals surface area (Å²) in [5, 5.41) is 5.49. The quantitative estimate of drug-likeness (QED) is 0.816. The van der Waals surface area contributed by atoms with Gasteiger partial charge in [0, 0.05) is 24.7 Å². The second kappa shape index (κ2) is 7.72. The molecule has 1 aliphatic rings.